The lowest BCUT2D eigenvalue weighted by Gasteiger charge is -2.27. The molecule has 0 spiro atoms. The lowest BCUT2D eigenvalue weighted by atomic mass is 9.88. The first kappa shape index (κ1) is 33.0. The van der Waals surface area contributed by atoms with E-state index in [1.54, 1.807) is 42.5 Å². The standard InChI is InChI=1S/C38H38O9/c1-23(39)46-32-13-10-29-21-37(45-3)35(42)19-26(29)6-4-5-25(30-11-14-34(41)36(20-30)44-2)18-33(22-32)47-38(43)16-24-7-8-28-17-31(40)12-9-27(28)15-24/h7-9,11-12,14-15,17,19-21,25,32-33,40-42H,6,10,13,16,18,22H2,1-3H3. The van der Waals surface area contributed by atoms with Crippen molar-refractivity contribution < 1.29 is 43.9 Å². The van der Waals surface area contributed by atoms with Crippen LogP contribution in [0.1, 0.15) is 54.4 Å². The lowest BCUT2D eigenvalue weighted by molar-refractivity contribution is -0.154. The molecule has 4 aromatic carbocycles. The summed E-state index contributed by atoms with van der Waals surface area (Å²) >= 11 is 0. The monoisotopic (exact) mass is 638 g/mol. The zero-order valence-corrected chi connectivity index (χ0v) is 26.6. The molecule has 0 saturated heterocycles. The third kappa shape index (κ3) is 8.47. The fourth-order valence-electron chi connectivity index (χ4n) is 5.98. The second-order valence-electron chi connectivity index (χ2n) is 11.7. The van der Waals surface area contributed by atoms with Crippen LogP contribution in [0.3, 0.4) is 0 Å². The Bertz CT molecular complexity index is 1830. The van der Waals surface area contributed by atoms with Crippen molar-refractivity contribution in [3.63, 3.8) is 0 Å². The fraction of sp³-hybridized carbons (Fsp3) is 0.316. The number of hydrogen-bond donors (Lipinski definition) is 3. The van der Waals surface area contributed by atoms with Crippen LogP contribution in [0, 0.1) is 11.8 Å². The molecule has 0 bridgehead atoms. The highest BCUT2D eigenvalue weighted by atomic mass is 16.6. The van der Waals surface area contributed by atoms with Crippen LogP contribution in [0.4, 0.5) is 0 Å². The maximum absolute atomic E-state index is 13.4. The summed E-state index contributed by atoms with van der Waals surface area (Å²) in [6, 6.07) is 19.0. The molecule has 9 nitrogen and oxygen atoms in total. The number of aromatic hydroxyl groups is 3. The van der Waals surface area contributed by atoms with Crippen LogP contribution < -0.4 is 9.47 Å². The van der Waals surface area contributed by atoms with Crippen LogP contribution in [0.25, 0.3) is 10.8 Å². The molecule has 0 heterocycles. The molecule has 0 saturated carbocycles. The van der Waals surface area contributed by atoms with Crippen molar-refractivity contribution in [3.05, 3.63) is 89.0 Å². The molecule has 3 unspecified atom stereocenters. The van der Waals surface area contributed by atoms with Gasteiger partial charge in [0.2, 0.25) is 0 Å². The van der Waals surface area contributed by atoms with Crippen LogP contribution in [0.5, 0.6) is 28.7 Å². The molecule has 244 valence electrons. The summed E-state index contributed by atoms with van der Waals surface area (Å²) in [6.07, 6.45) is 0.592. The molecule has 1 aliphatic carbocycles. The van der Waals surface area contributed by atoms with Crippen LogP contribution in [0.15, 0.2) is 66.7 Å². The molecule has 0 aromatic heterocycles. The zero-order valence-electron chi connectivity index (χ0n) is 26.6. The van der Waals surface area contributed by atoms with E-state index in [1.165, 1.54) is 27.2 Å². The van der Waals surface area contributed by atoms with Gasteiger partial charge in [0.05, 0.1) is 20.6 Å². The molecule has 0 radical (unpaired) electrons. The maximum Gasteiger partial charge on any atom is 0.310 e. The number of aryl methyl sites for hydroxylation is 1. The Morgan fingerprint density at radius 1 is 0.787 bits per heavy atom. The normalized spacial score (nSPS) is 18.0. The summed E-state index contributed by atoms with van der Waals surface area (Å²) in [5.74, 6) is 6.03. The summed E-state index contributed by atoms with van der Waals surface area (Å²) in [5, 5.41) is 32.3. The summed E-state index contributed by atoms with van der Waals surface area (Å²) < 4.78 is 22.6. The average Bonchev–Trinajstić information content (AvgIpc) is 3.03. The highest BCUT2D eigenvalue weighted by Gasteiger charge is 2.27. The molecule has 9 heteroatoms. The van der Waals surface area contributed by atoms with Gasteiger partial charge >= 0.3 is 11.9 Å². The SMILES string of the molecule is COc1cc(C2C#CCc3cc(O)c(OC)cc3CCC(OC(C)=O)CC(OC(=O)Cc3ccc4cc(O)ccc4c3)C2)ccc1O. The number of phenols is 3. The lowest BCUT2D eigenvalue weighted by Crippen LogP contribution is -2.29. The number of rotatable bonds is 7. The Kier molecular flexibility index (Phi) is 10.4. The van der Waals surface area contributed by atoms with Crippen LogP contribution >= 0.6 is 0 Å². The minimum Gasteiger partial charge on any atom is -0.508 e. The number of carbonyl (C=O) groups is 2. The number of carbonyl (C=O) groups excluding carboxylic acids is 2. The Balaban J connectivity index is 1.48. The van der Waals surface area contributed by atoms with Gasteiger partial charge in [0.15, 0.2) is 23.0 Å². The van der Waals surface area contributed by atoms with E-state index in [2.05, 4.69) is 11.8 Å². The van der Waals surface area contributed by atoms with Gasteiger partial charge in [-0.1, -0.05) is 42.2 Å². The molecule has 0 fully saturated rings. The third-order valence-electron chi connectivity index (χ3n) is 8.29. The zero-order chi connectivity index (χ0) is 33.5. The predicted molar refractivity (Wildman–Crippen MR) is 176 cm³/mol. The first-order valence-electron chi connectivity index (χ1n) is 15.4. The quantitative estimate of drug-likeness (QED) is 0.162. The topological polar surface area (TPSA) is 132 Å². The van der Waals surface area contributed by atoms with Crippen molar-refractivity contribution in [3.8, 4) is 40.6 Å². The van der Waals surface area contributed by atoms with Gasteiger partial charge in [-0.2, -0.15) is 0 Å². The summed E-state index contributed by atoms with van der Waals surface area (Å²) in [4.78, 5) is 25.6. The van der Waals surface area contributed by atoms with Crippen molar-refractivity contribution >= 4 is 22.7 Å². The summed E-state index contributed by atoms with van der Waals surface area (Å²) in [5.41, 5.74) is 3.23. The van der Waals surface area contributed by atoms with Gasteiger partial charge in [-0.15, -0.1) is 0 Å². The minimum absolute atomic E-state index is 0.00744. The molecule has 4 aromatic rings. The molecule has 0 amide bonds. The summed E-state index contributed by atoms with van der Waals surface area (Å²) in [6.45, 7) is 1.35. The average molecular weight is 639 g/mol. The Morgan fingerprint density at radius 3 is 2.30 bits per heavy atom. The van der Waals surface area contributed by atoms with Gasteiger partial charge in [0.25, 0.3) is 0 Å². The Morgan fingerprint density at radius 2 is 1.53 bits per heavy atom. The van der Waals surface area contributed by atoms with Crippen LogP contribution in [0.2, 0.25) is 0 Å². The maximum atomic E-state index is 13.4. The Hall–Kier alpha value is -5.36. The van der Waals surface area contributed by atoms with Gasteiger partial charge in [-0.25, -0.2) is 0 Å². The van der Waals surface area contributed by atoms with Gasteiger partial charge in [0.1, 0.15) is 18.0 Å². The first-order chi connectivity index (χ1) is 22.6. The third-order valence-corrected chi connectivity index (χ3v) is 8.29. The van der Waals surface area contributed by atoms with Crippen molar-refractivity contribution in [1.82, 2.24) is 0 Å². The number of esters is 2. The highest BCUT2D eigenvalue weighted by molar-refractivity contribution is 5.85. The molecule has 47 heavy (non-hydrogen) atoms. The van der Waals surface area contributed by atoms with Crippen LogP contribution in [-0.2, 0) is 38.3 Å². The van der Waals surface area contributed by atoms with E-state index in [-0.39, 0.29) is 35.8 Å². The van der Waals surface area contributed by atoms with E-state index in [4.69, 9.17) is 18.9 Å². The number of hydrogen-bond acceptors (Lipinski definition) is 9. The predicted octanol–water partition coefficient (Wildman–Crippen LogP) is 6.12. The highest BCUT2D eigenvalue weighted by Crippen LogP contribution is 2.35. The van der Waals surface area contributed by atoms with Crippen molar-refractivity contribution in [2.75, 3.05) is 14.2 Å². The second-order valence-corrected chi connectivity index (χ2v) is 11.7. The van der Waals surface area contributed by atoms with Gasteiger partial charge in [-0.3, -0.25) is 9.59 Å². The molecule has 0 aliphatic heterocycles. The molecular formula is C38H38O9. The van der Waals surface area contributed by atoms with Crippen molar-refractivity contribution in [1.29, 1.82) is 0 Å². The number of fused-ring (bicyclic) bond motifs is 2. The molecule has 5 rings (SSSR count). The first-order valence-corrected chi connectivity index (χ1v) is 15.4. The van der Waals surface area contributed by atoms with E-state index in [0.717, 1.165) is 33.0 Å². The van der Waals surface area contributed by atoms with E-state index in [0.29, 0.717) is 31.4 Å². The van der Waals surface area contributed by atoms with Crippen molar-refractivity contribution in [2.45, 2.75) is 63.6 Å². The van der Waals surface area contributed by atoms with Crippen LogP contribution in [-0.4, -0.2) is 53.7 Å². The molecule has 1 aliphatic rings. The minimum atomic E-state index is -0.670. The van der Waals surface area contributed by atoms with E-state index in [1.807, 2.05) is 18.2 Å². The van der Waals surface area contributed by atoms with Gasteiger partial charge in [-0.05, 0) is 82.3 Å². The smallest absolute Gasteiger partial charge is 0.310 e. The van der Waals surface area contributed by atoms with Gasteiger partial charge in [0, 0.05) is 32.1 Å². The van der Waals surface area contributed by atoms with E-state index in [9.17, 15) is 24.9 Å². The largest absolute Gasteiger partial charge is 0.508 e. The molecular weight excluding hydrogens is 600 g/mol. The second kappa shape index (κ2) is 14.8. The molecule has 3 N–H and O–H groups in total. The number of methoxy groups -OCH3 is 2. The van der Waals surface area contributed by atoms with Crippen molar-refractivity contribution in [2.24, 2.45) is 0 Å². The Labute approximate surface area is 273 Å². The van der Waals surface area contributed by atoms with E-state index < -0.39 is 30.1 Å². The summed E-state index contributed by atoms with van der Waals surface area (Å²) in [7, 11) is 2.95. The fourth-order valence-corrected chi connectivity index (χ4v) is 5.98. The number of benzene rings is 4. The van der Waals surface area contributed by atoms with E-state index >= 15 is 0 Å². The van der Waals surface area contributed by atoms with Gasteiger partial charge < -0.3 is 34.3 Å². The number of ether oxygens (including phenoxy) is 4. The molecule has 3 atom stereocenters. The number of phenolic OH excluding ortho intramolecular Hbond substituents is 3.